The molecule has 0 saturated carbocycles. The van der Waals surface area contributed by atoms with Crippen molar-refractivity contribution in [3.05, 3.63) is 42.7 Å². The van der Waals surface area contributed by atoms with E-state index in [2.05, 4.69) is 20.0 Å². The first-order valence-corrected chi connectivity index (χ1v) is 5.98. The third-order valence-electron chi connectivity index (χ3n) is 2.60. The van der Waals surface area contributed by atoms with Crippen LogP contribution in [0.5, 0.6) is 0 Å². The van der Waals surface area contributed by atoms with Crippen LogP contribution in [0.1, 0.15) is 6.42 Å². The number of carbonyl (C=O) groups excluding carboxylic acids is 1. The van der Waals surface area contributed by atoms with Crippen molar-refractivity contribution in [2.45, 2.75) is 6.42 Å². The van der Waals surface area contributed by atoms with Crippen LogP contribution in [0.2, 0.25) is 0 Å². The quantitative estimate of drug-likeness (QED) is 0.831. The number of hydrogen-bond donors (Lipinski definition) is 1. The maximum absolute atomic E-state index is 10.9. The van der Waals surface area contributed by atoms with Crippen LogP contribution in [0.3, 0.4) is 0 Å². The van der Waals surface area contributed by atoms with E-state index in [9.17, 15) is 4.79 Å². The van der Waals surface area contributed by atoms with E-state index in [4.69, 9.17) is 0 Å². The highest BCUT2D eigenvalue weighted by Gasteiger charge is 2.02. The Morgan fingerprint density at radius 3 is 2.47 bits per heavy atom. The zero-order valence-corrected chi connectivity index (χ0v) is 10.7. The lowest BCUT2D eigenvalue weighted by Crippen LogP contribution is -2.11. The van der Waals surface area contributed by atoms with Crippen LogP contribution in [0.4, 0.5) is 5.95 Å². The van der Waals surface area contributed by atoms with Crippen molar-refractivity contribution in [3.63, 3.8) is 0 Å². The number of ether oxygens (including phenoxy) is 1. The van der Waals surface area contributed by atoms with Gasteiger partial charge in [-0.05, 0) is 5.56 Å². The Morgan fingerprint density at radius 2 is 1.84 bits per heavy atom. The first-order valence-electron chi connectivity index (χ1n) is 5.98. The van der Waals surface area contributed by atoms with E-state index in [1.807, 2.05) is 30.3 Å². The summed E-state index contributed by atoms with van der Waals surface area (Å²) in [4.78, 5) is 19.3. The zero-order valence-electron chi connectivity index (χ0n) is 10.7. The molecule has 0 unspecified atom stereocenters. The van der Waals surface area contributed by atoms with Crippen LogP contribution < -0.4 is 5.32 Å². The highest BCUT2D eigenvalue weighted by Crippen LogP contribution is 2.16. The Balaban J connectivity index is 1.94. The summed E-state index contributed by atoms with van der Waals surface area (Å²) in [5.41, 5.74) is 2.03. The molecule has 1 heterocycles. The SMILES string of the molecule is COC(=O)CCNc1ncc(-c2ccccc2)cn1. The van der Waals surface area contributed by atoms with Gasteiger partial charge in [-0.25, -0.2) is 9.97 Å². The van der Waals surface area contributed by atoms with Gasteiger partial charge in [0.05, 0.1) is 13.5 Å². The van der Waals surface area contributed by atoms with E-state index in [1.165, 1.54) is 7.11 Å². The van der Waals surface area contributed by atoms with E-state index < -0.39 is 0 Å². The van der Waals surface area contributed by atoms with Crippen molar-refractivity contribution in [1.82, 2.24) is 9.97 Å². The van der Waals surface area contributed by atoms with Crippen molar-refractivity contribution in [1.29, 1.82) is 0 Å². The minimum atomic E-state index is -0.256. The number of methoxy groups -OCH3 is 1. The Bertz CT molecular complexity index is 526. The molecule has 0 saturated heterocycles. The van der Waals surface area contributed by atoms with Crippen LogP contribution in [-0.4, -0.2) is 29.6 Å². The highest BCUT2D eigenvalue weighted by atomic mass is 16.5. The number of carbonyl (C=O) groups is 1. The molecule has 0 aliphatic rings. The molecule has 19 heavy (non-hydrogen) atoms. The van der Waals surface area contributed by atoms with Gasteiger partial charge < -0.3 is 10.1 Å². The number of hydrogen-bond acceptors (Lipinski definition) is 5. The lowest BCUT2D eigenvalue weighted by molar-refractivity contribution is -0.140. The summed E-state index contributed by atoms with van der Waals surface area (Å²) >= 11 is 0. The number of anilines is 1. The summed E-state index contributed by atoms with van der Waals surface area (Å²) in [6.45, 7) is 0.456. The predicted octanol–water partition coefficient (Wildman–Crippen LogP) is 2.12. The molecule has 98 valence electrons. The van der Waals surface area contributed by atoms with E-state index in [-0.39, 0.29) is 5.97 Å². The summed E-state index contributed by atoms with van der Waals surface area (Å²) < 4.78 is 4.55. The van der Waals surface area contributed by atoms with Crippen molar-refractivity contribution in [2.24, 2.45) is 0 Å². The lowest BCUT2D eigenvalue weighted by Gasteiger charge is -2.05. The van der Waals surface area contributed by atoms with Crippen molar-refractivity contribution >= 4 is 11.9 Å². The van der Waals surface area contributed by atoms with Gasteiger partial charge in [-0.15, -0.1) is 0 Å². The van der Waals surface area contributed by atoms with Gasteiger partial charge in [0.25, 0.3) is 0 Å². The topological polar surface area (TPSA) is 64.1 Å². The van der Waals surface area contributed by atoms with Crippen molar-refractivity contribution < 1.29 is 9.53 Å². The molecule has 0 aliphatic heterocycles. The second kappa shape index (κ2) is 6.49. The van der Waals surface area contributed by atoms with E-state index >= 15 is 0 Å². The van der Waals surface area contributed by atoms with Crippen LogP contribution >= 0.6 is 0 Å². The third-order valence-corrected chi connectivity index (χ3v) is 2.60. The van der Waals surface area contributed by atoms with Gasteiger partial charge in [0.1, 0.15) is 0 Å². The number of esters is 1. The average molecular weight is 257 g/mol. The van der Waals surface area contributed by atoms with Gasteiger partial charge in [0.15, 0.2) is 0 Å². The predicted molar refractivity (Wildman–Crippen MR) is 72.6 cm³/mol. The largest absolute Gasteiger partial charge is 0.469 e. The number of benzene rings is 1. The van der Waals surface area contributed by atoms with E-state index in [0.717, 1.165) is 11.1 Å². The molecular weight excluding hydrogens is 242 g/mol. The Labute approximate surface area is 111 Å². The van der Waals surface area contributed by atoms with Crippen LogP contribution in [0, 0.1) is 0 Å². The molecule has 5 nitrogen and oxygen atoms in total. The molecule has 2 aromatic rings. The smallest absolute Gasteiger partial charge is 0.307 e. The van der Waals surface area contributed by atoms with Crippen molar-refractivity contribution in [2.75, 3.05) is 19.0 Å². The minimum Gasteiger partial charge on any atom is -0.469 e. The summed E-state index contributed by atoms with van der Waals surface area (Å²) in [7, 11) is 1.37. The molecule has 0 radical (unpaired) electrons. The highest BCUT2D eigenvalue weighted by molar-refractivity contribution is 5.69. The first-order chi connectivity index (χ1) is 9.29. The first kappa shape index (κ1) is 13.0. The maximum atomic E-state index is 10.9. The van der Waals surface area contributed by atoms with Crippen LogP contribution in [0.25, 0.3) is 11.1 Å². The van der Waals surface area contributed by atoms with Gasteiger partial charge >= 0.3 is 5.97 Å². The molecule has 0 spiro atoms. The van der Waals surface area contributed by atoms with Gasteiger partial charge in [0.2, 0.25) is 5.95 Å². The number of rotatable bonds is 5. The van der Waals surface area contributed by atoms with Crippen LogP contribution in [0.15, 0.2) is 42.7 Å². The maximum Gasteiger partial charge on any atom is 0.307 e. The zero-order chi connectivity index (χ0) is 13.5. The minimum absolute atomic E-state index is 0.256. The lowest BCUT2D eigenvalue weighted by atomic mass is 10.1. The van der Waals surface area contributed by atoms with E-state index in [1.54, 1.807) is 12.4 Å². The Hall–Kier alpha value is -2.43. The van der Waals surface area contributed by atoms with Crippen molar-refractivity contribution in [3.8, 4) is 11.1 Å². The fraction of sp³-hybridized carbons (Fsp3) is 0.214. The summed E-state index contributed by atoms with van der Waals surface area (Å²) in [5.74, 6) is 0.247. The number of nitrogens with one attached hydrogen (secondary N) is 1. The van der Waals surface area contributed by atoms with Gasteiger partial charge in [-0.2, -0.15) is 0 Å². The van der Waals surface area contributed by atoms with Gasteiger partial charge in [0, 0.05) is 24.5 Å². The Morgan fingerprint density at radius 1 is 1.16 bits per heavy atom. The molecule has 5 heteroatoms. The molecule has 0 atom stereocenters. The van der Waals surface area contributed by atoms with Crippen LogP contribution in [-0.2, 0) is 9.53 Å². The van der Waals surface area contributed by atoms with E-state index in [0.29, 0.717) is 18.9 Å². The fourth-order valence-corrected chi connectivity index (χ4v) is 1.58. The molecule has 1 aromatic heterocycles. The molecule has 0 fully saturated rings. The number of nitrogens with zero attached hydrogens (tertiary/aromatic N) is 2. The fourth-order valence-electron chi connectivity index (χ4n) is 1.58. The molecule has 0 amide bonds. The molecule has 1 N–H and O–H groups in total. The standard InChI is InChI=1S/C14H15N3O2/c1-19-13(18)7-8-15-14-16-9-12(10-17-14)11-5-3-2-4-6-11/h2-6,9-10H,7-8H2,1H3,(H,15,16,17). The molecule has 2 rings (SSSR count). The average Bonchev–Trinajstić information content (AvgIpc) is 2.48. The summed E-state index contributed by atoms with van der Waals surface area (Å²) in [5, 5.41) is 2.97. The summed E-state index contributed by atoms with van der Waals surface area (Å²) in [6, 6.07) is 9.91. The monoisotopic (exact) mass is 257 g/mol. The normalized spacial score (nSPS) is 9.95. The molecular formula is C14H15N3O2. The van der Waals surface area contributed by atoms with Gasteiger partial charge in [-0.3, -0.25) is 4.79 Å². The summed E-state index contributed by atoms with van der Waals surface area (Å²) in [6.07, 6.45) is 3.80. The second-order valence-electron chi connectivity index (χ2n) is 3.91. The molecule has 1 aromatic carbocycles. The molecule has 0 aliphatic carbocycles. The Kier molecular flexibility index (Phi) is 4.44. The third kappa shape index (κ3) is 3.77. The van der Waals surface area contributed by atoms with Gasteiger partial charge in [-0.1, -0.05) is 30.3 Å². The molecule has 0 bridgehead atoms. The number of aromatic nitrogens is 2. The second-order valence-corrected chi connectivity index (χ2v) is 3.91.